The summed E-state index contributed by atoms with van der Waals surface area (Å²) >= 11 is 3.12. The summed E-state index contributed by atoms with van der Waals surface area (Å²) in [6.07, 6.45) is -0.0852. The van der Waals surface area contributed by atoms with E-state index in [4.69, 9.17) is 5.11 Å². The Morgan fingerprint density at radius 2 is 2.19 bits per heavy atom. The van der Waals surface area contributed by atoms with Gasteiger partial charge < -0.3 is 5.11 Å². The first-order chi connectivity index (χ1) is 9.90. The molecule has 0 radical (unpaired) electrons. The van der Waals surface area contributed by atoms with Crippen molar-refractivity contribution in [3.63, 3.8) is 0 Å². The first-order valence-electron chi connectivity index (χ1n) is 6.35. The summed E-state index contributed by atoms with van der Waals surface area (Å²) in [7, 11) is 0. The van der Waals surface area contributed by atoms with Gasteiger partial charge in [0.15, 0.2) is 5.82 Å². The van der Waals surface area contributed by atoms with Crippen molar-refractivity contribution < 1.29 is 14.3 Å². The lowest BCUT2D eigenvalue weighted by Gasteiger charge is -2.20. The van der Waals surface area contributed by atoms with E-state index in [9.17, 15) is 9.18 Å². The molecule has 0 amide bonds. The molecule has 2 aromatic rings. The van der Waals surface area contributed by atoms with Crippen LogP contribution >= 0.6 is 15.9 Å². The van der Waals surface area contributed by atoms with Crippen LogP contribution in [0.5, 0.6) is 0 Å². The van der Waals surface area contributed by atoms with Gasteiger partial charge in [-0.3, -0.25) is 4.79 Å². The molecular formula is C13H14BrFN4O2. The molecule has 0 aliphatic carbocycles. The standard InChI is InChI=1S/C13H14BrFN4O2/c1-7(2)11(6-12(20)21)19-13(16-17-18-19)8-3-4-10(15)9(14)5-8/h3-5,7,11H,6H2,1-2H3,(H,20,21). The van der Waals surface area contributed by atoms with Crippen molar-refractivity contribution in [2.45, 2.75) is 26.3 Å². The number of hydrogen-bond acceptors (Lipinski definition) is 4. The molecule has 21 heavy (non-hydrogen) atoms. The molecule has 1 N–H and O–H groups in total. The molecule has 1 aromatic carbocycles. The lowest BCUT2D eigenvalue weighted by molar-refractivity contribution is -0.138. The summed E-state index contributed by atoms with van der Waals surface area (Å²) in [4.78, 5) is 11.0. The third-order valence-corrected chi connectivity index (χ3v) is 3.75. The Morgan fingerprint density at radius 3 is 2.76 bits per heavy atom. The Kier molecular flexibility index (Phi) is 4.66. The fraction of sp³-hybridized carbons (Fsp3) is 0.385. The van der Waals surface area contributed by atoms with Crippen molar-refractivity contribution in [3.8, 4) is 11.4 Å². The van der Waals surface area contributed by atoms with Crippen LogP contribution in [-0.4, -0.2) is 31.3 Å². The van der Waals surface area contributed by atoms with Crippen molar-refractivity contribution in [1.29, 1.82) is 0 Å². The fourth-order valence-corrected chi connectivity index (χ4v) is 2.40. The largest absolute Gasteiger partial charge is 0.481 e. The van der Waals surface area contributed by atoms with Gasteiger partial charge in [-0.1, -0.05) is 13.8 Å². The fourth-order valence-electron chi connectivity index (χ4n) is 2.03. The molecule has 2 rings (SSSR count). The Morgan fingerprint density at radius 1 is 1.48 bits per heavy atom. The van der Waals surface area contributed by atoms with Gasteiger partial charge in [-0.15, -0.1) is 5.10 Å². The molecule has 6 nitrogen and oxygen atoms in total. The molecule has 8 heteroatoms. The van der Waals surface area contributed by atoms with Crippen molar-refractivity contribution in [2.24, 2.45) is 5.92 Å². The van der Waals surface area contributed by atoms with E-state index in [2.05, 4.69) is 31.5 Å². The molecule has 112 valence electrons. The minimum Gasteiger partial charge on any atom is -0.481 e. The molecule has 0 saturated heterocycles. The first kappa shape index (κ1) is 15.6. The zero-order chi connectivity index (χ0) is 15.6. The molecule has 1 unspecified atom stereocenters. The number of carboxylic acids is 1. The smallest absolute Gasteiger partial charge is 0.305 e. The van der Waals surface area contributed by atoms with E-state index in [-0.39, 0.29) is 24.2 Å². The summed E-state index contributed by atoms with van der Waals surface area (Å²) in [6.45, 7) is 3.80. The normalized spacial score (nSPS) is 12.6. The minimum absolute atomic E-state index is 0.0345. The average molecular weight is 357 g/mol. The van der Waals surface area contributed by atoms with E-state index in [1.807, 2.05) is 13.8 Å². The van der Waals surface area contributed by atoms with Crippen LogP contribution in [0.15, 0.2) is 22.7 Å². The molecule has 1 heterocycles. The van der Waals surface area contributed by atoms with Crippen LogP contribution in [-0.2, 0) is 4.79 Å². The van der Waals surface area contributed by atoms with Crippen molar-refractivity contribution in [1.82, 2.24) is 20.2 Å². The maximum Gasteiger partial charge on any atom is 0.305 e. The Balaban J connectivity index is 2.45. The Bertz CT molecular complexity index is 659. The lowest BCUT2D eigenvalue weighted by Crippen LogP contribution is -2.21. The molecule has 0 aliphatic heterocycles. The van der Waals surface area contributed by atoms with Crippen LogP contribution < -0.4 is 0 Å². The third kappa shape index (κ3) is 3.44. The van der Waals surface area contributed by atoms with Gasteiger partial charge in [0.2, 0.25) is 0 Å². The van der Waals surface area contributed by atoms with Gasteiger partial charge in [0.1, 0.15) is 5.82 Å². The van der Waals surface area contributed by atoms with Gasteiger partial charge in [0.05, 0.1) is 16.9 Å². The molecule has 0 saturated carbocycles. The summed E-state index contributed by atoms with van der Waals surface area (Å²) in [6, 6.07) is 4.05. The van der Waals surface area contributed by atoms with E-state index in [0.29, 0.717) is 15.9 Å². The van der Waals surface area contributed by atoms with Crippen molar-refractivity contribution >= 4 is 21.9 Å². The summed E-state index contributed by atoms with van der Waals surface area (Å²) in [5.41, 5.74) is 0.615. The molecule has 1 atom stereocenters. The van der Waals surface area contributed by atoms with Gasteiger partial charge in [0, 0.05) is 5.56 Å². The number of aromatic nitrogens is 4. The van der Waals surface area contributed by atoms with E-state index < -0.39 is 5.97 Å². The number of halogens is 2. The molecule has 0 aliphatic rings. The van der Waals surface area contributed by atoms with Gasteiger partial charge >= 0.3 is 5.97 Å². The second kappa shape index (κ2) is 6.30. The van der Waals surface area contributed by atoms with Crippen LogP contribution in [0.25, 0.3) is 11.4 Å². The summed E-state index contributed by atoms with van der Waals surface area (Å²) < 4.78 is 15.1. The number of aliphatic carboxylic acids is 1. The zero-order valence-corrected chi connectivity index (χ0v) is 13.1. The second-order valence-electron chi connectivity index (χ2n) is 4.99. The quantitative estimate of drug-likeness (QED) is 0.890. The second-order valence-corrected chi connectivity index (χ2v) is 5.84. The van der Waals surface area contributed by atoms with Crippen molar-refractivity contribution in [2.75, 3.05) is 0 Å². The van der Waals surface area contributed by atoms with Crippen LogP contribution in [0.3, 0.4) is 0 Å². The SMILES string of the molecule is CC(C)C(CC(=O)O)n1nnnc1-c1ccc(F)c(Br)c1. The number of nitrogens with zero attached hydrogens (tertiary/aromatic N) is 4. The van der Waals surface area contributed by atoms with Gasteiger partial charge in [-0.05, 0) is 50.5 Å². The molecule has 0 fully saturated rings. The minimum atomic E-state index is -0.921. The van der Waals surface area contributed by atoms with Crippen molar-refractivity contribution in [3.05, 3.63) is 28.5 Å². The predicted octanol–water partition coefficient (Wildman–Crippen LogP) is 2.91. The lowest BCUT2D eigenvalue weighted by atomic mass is 10.0. The monoisotopic (exact) mass is 356 g/mol. The summed E-state index contributed by atoms with van der Waals surface area (Å²) in [5.74, 6) is -0.859. The van der Waals surface area contributed by atoms with Gasteiger partial charge in [-0.2, -0.15) is 0 Å². The van der Waals surface area contributed by atoms with E-state index in [1.54, 1.807) is 12.1 Å². The van der Waals surface area contributed by atoms with Crippen LogP contribution in [0.4, 0.5) is 4.39 Å². The predicted molar refractivity (Wildman–Crippen MR) is 77.0 cm³/mol. The third-order valence-electron chi connectivity index (χ3n) is 3.14. The van der Waals surface area contributed by atoms with Crippen LogP contribution in [0.1, 0.15) is 26.3 Å². The maximum absolute atomic E-state index is 13.3. The zero-order valence-electron chi connectivity index (χ0n) is 11.5. The van der Waals surface area contributed by atoms with E-state index in [1.165, 1.54) is 10.7 Å². The van der Waals surface area contributed by atoms with E-state index in [0.717, 1.165) is 0 Å². The van der Waals surface area contributed by atoms with Crippen LogP contribution in [0, 0.1) is 11.7 Å². The summed E-state index contributed by atoms with van der Waals surface area (Å²) in [5, 5.41) is 20.5. The highest BCUT2D eigenvalue weighted by Gasteiger charge is 2.24. The number of tetrazole rings is 1. The highest BCUT2D eigenvalue weighted by atomic mass is 79.9. The topological polar surface area (TPSA) is 80.9 Å². The van der Waals surface area contributed by atoms with Gasteiger partial charge in [0.25, 0.3) is 0 Å². The Hall–Kier alpha value is -1.83. The highest BCUT2D eigenvalue weighted by molar-refractivity contribution is 9.10. The number of carboxylic acid groups (broad SMARTS) is 1. The number of carbonyl (C=O) groups is 1. The molecular weight excluding hydrogens is 343 g/mol. The molecule has 1 aromatic heterocycles. The molecule has 0 bridgehead atoms. The number of rotatable bonds is 5. The maximum atomic E-state index is 13.3. The average Bonchev–Trinajstić information content (AvgIpc) is 2.87. The van der Waals surface area contributed by atoms with Gasteiger partial charge in [-0.25, -0.2) is 9.07 Å². The van der Waals surface area contributed by atoms with E-state index >= 15 is 0 Å². The number of benzene rings is 1. The first-order valence-corrected chi connectivity index (χ1v) is 7.14. The number of hydrogen-bond donors (Lipinski definition) is 1. The highest BCUT2D eigenvalue weighted by Crippen LogP contribution is 2.28. The Labute approximate surface area is 129 Å². The van der Waals surface area contributed by atoms with Crippen LogP contribution in [0.2, 0.25) is 0 Å². The molecule has 0 spiro atoms.